The molecule has 0 bridgehead atoms. The number of nitrogens with zero attached hydrogens (tertiary/aromatic N) is 1. The summed E-state index contributed by atoms with van der Waals surface area (Å²) in [6.45, 7) is 2.06. The van der Waals surface area contributed by atoms with Crippen molar-refractivity contribution in [1.29, 1.82) is 0 Å². The lowest BCUT2D eigenvalue weighted by Crippen LogP contribution is -2.41. The molecule has 1 fully saturated rings. The molecule has 4 heteroatoms. The number of hydrogen-bond acceptors (Lipinski definition) is 4. The normalized spacial score (nSPS) is 20.9. The van der Waals surface area contributed by atoms with E-state index in [4.69, 9.17) is 15.0 Å². The van der Waals surface area contributed by atoms with Crippen molar-refractivity contribution in [3.8, 4) is 5.75 Å². The van der Waals surface area contributed by atoms with Gasteiger partial charge >= 0.3 is 0 Å². The van der Waals surface area contributed by atoms with Crippen LogP contribution >= 0.6 is 0 Å². The predicted octanol–water partition coefficient (Wildman–Crippen LogP) is 3.54. The van der Waals surface area contributed by atoms with Gasteiger partial charge in [0.2, 0.25) is 5.55 Å². The first-order valence-corrected chi connectivity index (χ1v) is 8.19. The Morgan fingerprint density at radius 1 is 1.09 bits per heavy atom. The van der Waals surface area contributed by atoms with E-state index in [1.807, 2.05) is 12.1 Å². The van der Waals surface area contributed by atoms with E-state index >= 15 is 0 Å². The summed E-state index contributed by atoms with van der Waals surface area (Å²) >= 11 is 0. The molecule has 2 aromatic rings. The highest BCUT2D eigenvalue weighted by Crippen LogP contribution is 2.43. The summed E-state index contributed by atoms with van der Waals surface area (Å²) in [5, 5.41) is 4.79. The van der Waals surface area contributed by atoms with Gasteiger partial charge in [-0.15, -0.1) is 5.10 Å². The third-order valence-electron chi connectivity index (χ3n) is 5.21. The SMILES string of the molecule is Cc1c/c(=N/N)oc2cc3c(cc12)CCC1(CCCCC1)O3. The molecule has 0 saturated heterocycles. The molecule has 4 rings (SSSR count). The van der Waals surface area contributed by atoms with Crippen molar-refractivity contribution in [2.75, 3.05) is 0 Å². The molecule has 1 aromatic carbocycles. The molecule has 1 saturated carbocycles. The molecule has 0 unspecified atom stereocenters. The highest BCUT2D eigenvalue weighted by Gasteiger charge is 2.37. The lowest BCUT2D eigenvalue weighted by atomic mass is 9.79. The summed E-state index contributed by atoms with van der Waals surface area (Å²) < 4.78 is 12.2. The first-order valence-electron chi connectivity index (χ1n) is 8.19. The molecule has 2 heterocycles. The zero-order valence-corrected chi connectivity index (χ0v) is 13.0. The topological polar surface area (TPSA) is 60.8 Å². The van der Waals surface area contributed by atoms with Crippen LogP contribution in [0.1, 0.15) is 49.7 Å². The van der Waals surface area contributed by atoms with Crippen LogP contribution in [0.4, 0.5) is 0 Å². The van der Waals surface area contributed by atoms with Crippen molar-refractivity contribution in [2.45, 2.75) is 57.5 Å². The molecule has 1 spiro atoms. The smallest absolute Gasteiger partial charge is 0.236 e. The molecule has 22 heavy (non-hydrogen) atoms. The van der Waals surface area contributed by atoms with Crippen molar-refractivity contribution < 1.29 is 9.15 Å². The van der Waals surface area contributed by atoms with Gasteiger partial charge in [-0.1, -0.05) is 6.42 Å². The Kier molecular flexibility index (Phi) is 3.13. The van der Waals surface area contributed by atoms with Crippen LogP contribution < -0.4 is 16.1 Å². The zero-order chi connectivity index (χ0) is 15.2. The van der Waals surface area contributed by atoms with Gasteiger partial charge in [-0.3, -0.25) is 0 Å². The maximum atomic E-state index is 6.46. The molecule has 116 valence electrons. The van der Waals surface area contributed by atoms with Crippen molar-refractivity contribution in [2.24, 2.45) is 10.9 Å². The van der Waals surface area contributed by atoms with E-state index in [0.29, 0.717) is 5.55 Å². The lowest BCUT2D eigenvalue weighted by Gasteiger charge is -2.41. The van der Waals surface area contributed by atoms with E-state index in [-0.39, 0.29) is 5.60 Å². The molecule has 1 aliphatic carbocycles. The Morgan fingerprint density at radius 3 is 2.68 bits per heavy atom. The number of nitrogens with two attached hydrogens (primary N) is 1. The minimum absolute atomic E-state index is 0.0593. The fourth-order valence-electron chi connectivity index (χ4n) is 3.95. The van der Waals surface area contributed by atoms with Crippen LogP contribution in [0.3, 0.4) is 0 Å². The third kappa shape index (κ3) is 2.18. The van der Waals surface area contributed by atoms with Gasteiger partial charge in [-0.05, 0) is 62.6 Å². The summed E-state index contributed by atoms with van der Waals surface area (Å²) in [5.41, 5.74) is 3.73. The second-order valence-corrected chi connectivity index (χ2v) is 6.70. The Labute approximate surface area is 130 Å². The molecule has 4 nitrogen and oxygen atoms in total. The maximum Gasteiger partial charge on any atom is 0.236 e. The number of rotatable bonds is 0. The highest BCUT2D eigenvalue weighted by atomic mass is 16.5. The van der Waals surface area contributed by atoms with E-state index in [9.17, 15) is 0 Å². The first-order chi connectivity index (χ1) is 10.7. The first kappa shape index (κ1) is 13.7. The average molecular weight is 298 g/mol. The Bertz CT molecular complexity index is 786. The highest BCUT2D eigenvalue weighted by molar-refractivity contribution is 5.82. The molecule has 0 atom stereocenters. The lowest BCUT2D eigenvalue weighted by molar-refractivity contribution is 0.0109. The van der Waals surface area contributed by atoms with Gasteiger partial charge in [-0.2, -0.15) is 0 Å². The minimum atomic E-state index is 0.0593. The van der Waals surface area contributed by atoms with Crippen LogP contribution in [0.25, 0.3) is 11.0 Å². The molecule has 0 amide bonds. The summed E-state index contributed by atoms with van der Waals surface area (Å²) in [6.07, 6.45) is 8.49. The van der Waals surface area contributed by atoms with Crippen LogP contribution in [0.15, 0.2) is 27.7 Å². The molecular weight excluding hydrogens is 276 g/mol. The van der Waals surface area contributed by atoms with Gasteiger partial charge in [0.15, 0.2) is 0 Å². The standard InChI is InChI=1S/C18H22N2O2/c1-12-9-17(20-19)21-16-11-15-13(10-14(12)16)5-8-18(22-15)6-3-2-4-7-18/h9-11H,2-8,19H2,1H3/b20-17-. The number of hydrogen-bond donors (Lipinski definition) is 1. The maximum absolute atomic E-state index is 6.46. The third-order valence-corrected chi connectivity index (χ3v) is 5.21. The summed E-state index contributed by atoms with van der Waals surface area (Å²) in [7, 11) is 0. The van der Waals surface area contributed by atoms with Crippen molar-refractivity contribution in [1.82, 2.24) is 0 Å². The minimum Gasteiger partial charge on any atom is -0.487 e. The zero-order valence-electron chi connectivity index (χ0n) is 13.0. The largest absolute Gasteiger partial charge is 0.487 e. The monoisotopic (exact) mass is 298 g/mol. The molecule has 2 aliphatic rings. The molecule has 2 N–H and O–H groups in total. The van der Waals surface area contributed by atoms with E-state index < -0.39 is 0 Å². The molecular formula is C18H22N2O2. The van der Waals surface area contributed by atoms with Gasteiger partial charge < -0.3 is 15.0 Å². The van der Waals surface area contributed by atoms with Gasteiger partial charge in [-0.25, -0.2) is 0 Å². The number of ether oxygens (including phenoxy) is 1. The number of benzene rings is 1. The van der Waals surface area contributed by atoms with Gasteiger partial charge in [0, 0.05) is 17.5 Å². The summed E-state index contributed by atoms with van der Waals surface area (Å²) in [6, 6.07) is 6.11. The van der Waals surface area contributed by atoms with Crippen LogP contribution in [-0.2, 0) is 6.42 Å². The summed E-state index contributed by atoms with van der Waals surface area (Å²) in [5.74, 6) is 6.34. The number of aryl methyl sites for hydroxylation is 2. The molecule has 1 aromatic heterocycles. The molecule has 0 radical (unpaired) electrons. The van der Waals surface area contributed by atoms with Gasteiger partial charge in [0.25, 0.3) is 0 Å². The second-order valence-electron chi connectivity index (χ2n) is 6.70. The fourth-order valence-corrected chi connectivity index (χ4v) is 3.95. The molecule has 1 aliphatic heterocycles. The average Bonchev–Trinajstić information content (AvgIpc) is 2.54. The van der Waals surface area contributed by atoms with Crippen molar-refractivity contribution >= 4 is 11.0 Å². The van der Waals surface area contributed by atoms with Crippen molar-refractivity contribution in [3.05, 3.63) is 34.9 Å². The van der Waals surface area contributed by atoms with Crippen LogP contribution in [0.2, 0.25) is 0 Å². The fraction of sp³-hybridized carbons (Fsp3) is 0.500. The van der Waals surface area contributed by atoms with E-state index in [1.54, 1.807) is 0 Å². The predicted molar refractivity (Wildman–Crippen MR) is 85.5 cm³/mol. The Morgan fingerprint density at radius 2 is 1.91 bits per heavy atom. The summed E-state index contributed by atoms with van der Waals surface area (Å²) in [4.78, 5) is 0. The van der Waals surface area contributed by atoms with E-state index in [2.05, 4.69) is 18.1 Å². The Hall–Kier alpha value is -1.97. The quantitative estimate of drug-likeness (QED) is 0.597. The van der Waals surface area contributed by atoms with E-state index in [0.717, 1.165) is 35.1 Å². The van der Waals surface area contributed by atoms with Crippen LogP contribution in [0.5, 0.6) is 5.75 Å². The van der Waals surface area contributed by atoms with Crippen molar-refractivity contribution in [3.63, 3.8) is 0 Å². The van der Waals surface area contributed by atoms with E-state index in [1.165, 1.54) is 37.7 Å². The second kappa shape index (κ2) is 5.04. The van der Waals surface area contributed by atoms with Crippen LogP contribution in [-0.4, -0.2) is 5.60 Å². The number of fused-ring (bicyclic) bond motifs is 2. The van der Waals surface area contributed by atoms with Gasteiger partial charge in [0.05, 0.1) is 0 Å². The Balaban J connectivity index is 1.81. The van der Waals surface area contributed by atoms with Crippen LogP contribution in [0, 0.1) is 6.92 Å². The van der Waals surface area contributed by atoms with Gasteiger partial charge in [0.1, 0.15) is 16.9 Å².